The number of ether oxygens (including phenoxy) is 1. The van der Waals surface area contributed by atoms with Crippen molar-refractivity contribution in [3.63, 3.8) is 0 Å². The first-order valence-corrected chi connectivity index (χ1v) is 10.6. The second kappa shape index (κ2) is 7.29. The Morgan fingerprint density at radius 3 is 1.96 bits per heavy atom. The number of hydrogen-bond acceptors (Lipinski definition) is 2. The van der Waals surface area contributed by atoms with Crippen molar-refractivity contribution >= 4 is 12.9 Å². The quantitative estimate of drug-likeness (QED) is 0.547. The molecule has 0 spiro atoms. The standard InChI is InChI=1S/C19H30F3N2OP/c1-17(2,3)26(18(4,5)6,24-10-12-25-13-11-24)23-16-9-7-8-15(14-16)19(20,21)22/h7-9,14H,10-13H2,1-6H3. The van der Waals surface area contributed by atoms with E-state index in [0.717, 1.165) is 19.2 Å². The van der Waals surface area contributed by atoms with Crippen molar-refractivity contribution in [3.8, 4) is 0 Å². The highest BCUT2D eigenvalue weighted by atomic mass is 31.2. The minimum Gasteiger partial charge on any atom is -0.379 e. The van der Waals surface area contributed by atoms with Crippen LogP contribution in [-0.4, -0.2) is 41.3 Å². The highest BCUT2D eigenvalue weighted by Gasteiger charge is 2.48. The lowest BCUT2D eigenvalue weighted by Gasteiger charge is -2.53. The normalized spacial score (nSPS) is 18.0. The van der Waals surface area contributed by atoms with Crippen LogP contribution < -0.4 is 0 Å². The molecule has 0 unspecified atom stereocenters. The summed E-state index contributed by atoms with van der Waals surface area (Å²) in [5.74, 6) is 0. The van der Waals surface area contributed by atoms with Gasteiger partial charge in [0.05, 0.1) is 24.5 Å². The summed E-state index contributed by atoms with van der Waals surface area (Å²) >= 11 is 0. The molecule has 0 radical (unpaired) electrons. The largest absolute Gasteiger partial charge is 0.416 e. The molecule has 148 valence electrons. The summed E-state index contributed by atoms with van der Waals surface area (Å²) in [7, 11) is -2.22. The fourth-order valence-electron chi connectivity index (χ4n) is 3.97. The molecule has 0 bridgehead atoms. The molecule has 0 aromatic heterocycles. The molecule has 7 heteroatoms. The van der Waals surface area contributed by atoms with E-state index in [1.54, 1.807) is 6.07 Å². The van der Waals surface area contributed by atoms with Crippen LogP contribution in [0, 0.1) is 0 Å². The van der Waals surface area contributed by atoms with Gasteiger partial charge in [0.25, 0.3) is 0 Å². The van der Waals surface area contributed by atoms with E-state index < -0.39 is 18.9 Å². The molecule has 1 fully saturated rings. The first-order chi connectivity index (χ1) is 11.8. The SMILES string of the molecule is CC(C)(C)P(=Nc1cccc(C(F)(F)F)c1)(N1CCOCC1)C(C)(C)C. The molecule has 2 rings (SSSR count). The Balaban J connectivity index is 2.73. The predicted octanol–water partition coefficient (Wildman–Crippen LogP) is 6.38. The van der Waals surface area contributed by atoms with Crippen molar-refractivity contribution in [3.05, 3.63) is 29.8 Å². The number of alkyl halides is 3. The lowest BCUT2D eigenvalue weighted by atomic mass is 10.2. The van der Waals surface area contributed by atoms with Gasteiger partial charge in [0.2, 0.25) is 0 Å². The van der Waals surface area contributed by atoms with Crippen LogP contribution in [-0.2, 0) is 10.9 Å². The fourth-order valence-corrected chi connectivity index (χ4v) is 9.61. The van der Waals surface area contributed by atoms with Gasteiger partial charge in [0, 0.05) is 30.6 Å². The second-order valence-corrected chi connectivity index (χ2v) is 13.3. The van der Waals surface area contributed by atoms with Gasteiger partial charge in [0.1, 0.15) is 0 Å². The van der Waals surface area contributed by atoms with Crippen molar-refractivity contribution in [1.82, 2.24) is 4.67 Å². The van der Waals surface area contributed by atoms with Crippen LogP contribution in [0.1, 0.15) is 47.1 Å². The molecule has 1 aliphatic heterocycles. The monoisotopic (exact) mass is 390 g/mol. The summed E-state index contributed by atoms with van der Waals surface area (Å²) in [5, 5.41) is -0.367. The van der Waals surface area contributed by atoms with Gasteiger partial charge in [-0.3, -0.25) is 9.42 Å². The lowest BCUT2D eigenvalue weighted by molar-refractivity contribution is -0.137. The maximum absolute atomic E-state index is 13.2. The van der Waals surface area contributed by atoms with Crippen LogP contribution in [0.2, 0.25) is 0 Å². The molecule has 26 heavy (non-hydrogen) atoms. The van der Waals surface area contributed by atoms with Gasteiger partial charge < -0.3 is 4.74 Å². The van der Waals surface area contributed by atoms with Crippen LogP contribution >= 0.6 is 7.21 Å². The van der Waals surface area contributed by atoms with Crippen molar-refractivity contribution in [2.75, 3.05) is 26.3 Å². The van der Waals surface area contributed by atoms with Gasteiger partial charge in [-0.1, -0.05) is 47.6 Å². The molecule has 1 aromatic rings. The van der Waals surface area contributed by atoms with Gasteiger partial charge in [-0.15, -0.1) is 0 Å². The average molecular weight is 390 g/mol. The summed E-state index contributed by atoms with van der Waals surface area (Å²) in [6, 6.07) is 5.40. The molecule has 0 amide bonds. The smallest absolute Gasteiger partial charge is 0.379 e. The summed E-state index contributed by atoms with van der Waals surface area (Å²) in [6.07, 6.45) is -4.37. The van der Waals surface area contributed by atoms with Crippen molar-refractivity contribution < 1.29 is 17.9 Å². The number of rotatable bonds is 2. The Hall–Kier alpha value is -0.840. The van der Waals surface area contributed by atoms with Gasteiger partial charge in [-0.25, -0.2) is 0 Å². The van der Waals surface area contributed by atoms with E-state index >= 15 is 0 Å². The maximum Gasteiger partial charge on any atom is 0.416 e. The third-order valence-electron chi connectivity index (χ3n) is 4.70. The third kappa shape index (κ3) is 4.18. The van der Waals surface area contributed by atoms with Crippen LogP contribution in [0.25, 0.3) is 0 Å². The van der Waals surface area contributed by atoms with E-state index in [4.69, 9.17) is 9.48 Å². The van der Waals surface area contributed by atoms with E-state index in [9.17, 15) is 13.2 Å². The van der Waals surface area contributed by atoms with Crippen LogP contribution in [0.15, 0.2) is 29.0 Å². The number of morpholine rings is 1. The first-order valence-electron chi connectivity index (χ1n) is 8.92. The molecule has 1 aliphatic rings. The Morgan fingerprint density at radius 2 is 1.50 bits per heavy atom. The van der Waals surface area contributed by atoms with Crippen molar-refractivity contribution in [1.29, 1.82) is 0 Å². The molecule has 1 aromatic carbocycles. The van der Waals surface area contributed by atoms with E-state index in [-0.39, 0.29) is 10.3 Å². The number of hydrogen-bond donors (Lipinski definition) is 0. The average Bonchev–Trinajstić information content (AvgIpc) is 2.50. The number of halogens is 3. The zero-order chi connectivity index (χ0) is 19.8. The van der Waals surface area contributed by atoms with E-state index in [2.05, 4.69) is 46.2 Å². The van der Waals surface area contributed by atoms with Gasteiger partial charge in [-0.05, 0) is 18.2 Å². The van der Waals surface area contributed by atoms with Crippen LogP contribution in [0.3, 0.4) is 0 Å². The highest BCUT2D eigenvalue weighted by molar-refractivity contribution is 7.67. The minimum atomic E-state index is -4.37. The lowest BCUT2D eigenvalue weighted by Crippen LogP contribution is -2.44. The van der Waals surface area contributed by atoms with Gasteiger partial charge in [0.15, 0.2) is 0 Å². The molecule has 0 N–H and O–H groups in total. The van der Waals surface area contributed by atoms with Crippen molar-refractivity contribution in [2.24, 2.45) is 4.74 Å². The van der Waals surface area contributed by atoms with E-state index in [0.29, 0.717) is 18.9 Å². The Morgan fingerprint density at radius 1 is 0.962 bits per heavy atom. The van der Waals surface area contributed by atoms with Gasteiger partial charge in [-0.2, -0.15) is 13.2 Å². The molecular weight excluding hydrogens is 360 g/mol. The minimum absolute atomic E-state index is 0.184. The zero-order valence-electron chi connectivity index (χ0n) is 16.5. The third-order valence-corrected chi connectivity index (χ3v) is 10.2. The molecule has 1 heterocycles. The van der Waals surface area contributed by atoms with E-state index in [1.165, 1.54) is 12.1 Å². The van der Waals surface area contributed by atoms with Gasteiger partial charge >= 0.3 is 6.18 Å². The van der Waals surface area contributed by atoms with Crippen LogP contribution in [0.5, 0.6) is 0 Å². The predicted molar refractivity (Wildman–Crippen MR) is 102 cm³/mol. The second-order valence-electron chi connectivity index (χ2n) is 8.66. The molecule has 1 saturated heterocycles. The first kappa shape index (κ1) is 21.5. The number of benzene rings is 1. The van der Waals surface area contributed by atoms with E-state index in [1.807, 2.05) is 0 Å². The molecule has 0 aliphatic carbocycles. The summed E-state index contributed by atoms with van der Waals surface area (Å²) in [5.41, 5.74) is -0.244. The topological polar surface area (TPSA) is 24.8 Å². The fraction of sp³-hybridized carbons (Fsp3) is 0.684. The summed E-state index contributed by atoms with van der Waals surface area (Å²) in [4.78, 5) is 0. The summed E-state index contributed by atoms with van der Waals surface area (Å²) in [6.45, 7) is 15.7. The molecule has 0 saturated carbocycles. The molecule has 0 atom stereocenters. The maximum atomic E-state index is 13.2. The summed E-state index contributed by atoms with van der Waals surface area (Å²) < 4.78 is 52.5. The van der Waals surface area contributed by atoms with Crippen molar-refractivity contribution in [2.45, 2.75) is 58.0 Å². The highest BCUT2D eigenvalue weighted by Crippen LogP contribution is 2.72. The Bertz CT molecular complexity index is 663. The number of nitrogens with zero attached hydrogens (tertiary/aromatic N) is 2. The Labute approximate surface area is 155 Å². The zero-order valence-corrected chi connectivity index (χ0v) is 17.4. The Kier molecular flexibility index (Phi) is 6.02. The molecule has 3 nitrogen and oxygen atoms in total. The van der Waals surface area contributed by atoms with Crippen LogP contribution in [0.4, 0.5) is 18.9 Å². The molecular formula is C19H30F3N2OP.